The lowest BCUT2D eigenvalue weighted by molar-refractivity contribution is -0.139. The van der Waals surface area contributed by atoms with E-state index in [0.29, 0.717) is 45.4 Å². The number of carbonyl (C=O) groups excluding carboxylic acids is 1. The van der Waals surface area contributed by atoms with Gasteiger partial charge in [-0.1, -0.05) is 0 Å². The summed E-state index contributed by atoms with van der Waals surface area (Å²) < 4.78 is 32.4. The SMILES string of the molecule is Cc1oc(C(=O)N2CCC3(CC2)CC3C(=O)O)cc1S(=O)(=O)N1CCCC1. The highest BCUT2D eigenvalue weighted by Crippen LogP contribution is 2.59. The van der Waals surface area contributed by atoms with Gasteiger partial charge in [-0.05, 0) is 44.4 Å². The Balaban J connectivity index is 1.47. The second-order valence-corrected chi connectivity index (χ2v) is 9.80. The number of piperidine rings is 1. The predicted octanol–water partition coefficient (Wildman–Crippen LogP) is 1.70. The number of aliphatic carboxylic acids is 1. The highest BCUT2D eigenvalue weighted by molar-refractivity contribution is 7.89. The lowest BCUT2D eigenvalue weighted by atomic mass is 9.90. The zero-order valence-electron chi connectivity index (χ0n) is 15.3. The van der Waals surface area contributed by atoms with Crippen LogP contribution in [0.2, 0.25) is 0 Å². The molecule has 2 saturated heterocycles. The van der Waals surface area contributed by atoms with Crippen molar-refractivity contribution < 1.29 is 27.5 Å². The van der Waals surface area contributed by atoms with E-state index in [1.807, 2.05) is 0 Å². The molecule has 9 heteroatoms. The lowest BCUT2D eigenvalue weighted by Gasteiger charge is -2.32. The van der Waals surface area contributed by atoms with E-state index in [1.54, 1.807) is 11.8 Å². The van der Waals surface area contributed by atoms with E-state index < -0.39 is 16.0 Å². The van der Waals surface area contributed by atoms with Gasteiger partial charge in [0.2, 0.25) is 10.0 Å². The molecule has 27 heavy (non-hydrogen) atoms. The van der Waals surface area contributed by atoms with Gasteiger partial charge in [0.15, 0.2) is 5.76 Å². The van der Waals surface area contributed by atoms with Gasteiger partial charge < -0.3 is 14.4 Å². The molecule has 1 aromatic heterocycles. The Morgan fingerprint density at radius 3 is 2.37 bits per heavy atom. The number of carbonyl (C=O) groups is 2. The van der Waals surface area contributed by atoms with Crippen molar-refractivity contribution >= 4 is 21.9 Å². The van der Waals surface area contributed by atoms with Crippen LogP contribution in [0.3, 0.4) is 0 Å². The third kappa shape index (κ3) is 3.06. The first-order chi connectivity index (χ1) is 12.7. The van der Waals surface area contributed by atoms with E-state index in [-0.39, 0.29) is 33.7 Å². The Hall–Kier alpha value is -1.87. The summed E-state index contributed by atoms with van der Waals surface area (Å²) >= 11 is 0. The first kappa shape index (κ1) is 18.5. The molecule has 1 unspecified atom stereocenters. The summed E-state index contributed by atoms with van der Waals surface area (Å²) in [6.07, 6.45) is 3.69. The largest absolute Gasteiger partial charge is 0.481 e. The zero-order chi connectivity index (χ0) is 19.4. The van der Waals surface area contributed by atoms with Crippen molar-refractivity contribution in [3.8, 4) is 0 Å². The normalized spacial score (nSPS) is 25.1. The van der Waals surface area contributed by atoms with Gasteiger partial charge in [0.25, 0.3) is 5.91 Å². The molecule has 3 heterocycles. The first-order valence-electron chi connectivity index (χ1n) is 9.37. The number of amides is 1. The van der Waals surface area contributed by atoms with Crippen LogP contribution in [0.5, 0.6) is 0 Å². The molecule has 0 aromatic carbocycles. The summed E-state index contributed by atoms with van der Waals surface area (Å²) in [5, 5.41) is 9.17. The number of sulfonamides is 1. The van der Waals surface area contributed by atoms with Crippen molar-refractivity contribution in [1.29, 1.82) is 0 Å². The van der Waals surface area contributed by atoms with E-state index in [1.165, 1.54) is 10.4 Å². The summed E-state index contributed by atoms with van der Waals surface area (Å²) in [5.74, 6) is -1.12. The number of hydrogen-bond donors (Lipinski definition) is 1. The molecular weight excluding hydrogens is 372 g/mol. The molecule has 1 saturated carbocycles. The molecule has 4 rings (SSSR count). The molecule has 0 radical (unpaired) electrons. The molecule has 3 fully saturated rings. The van der Waals surface area contributed by atoms with E-state index in [0.717, 1.165) is 12.8 Å². The quantitative estimate of drug-likeness (QED) is 0.830. The number of carboxylic acids is 1. The minimum Gasteiger partial charge on any atom is -0.481 e. The van der Waals surface area contributed by atoms with E-state index in [9.17, 15) is 18.0 Å². The highest BCUT2D eigenvalue weighted by Gasteiger charge is 2.59. The maximum absolute atomic E-state index is 12.8. The Morgan fingerprint density at radius 2 is 1.81 bits per heavy atom. The van der Waals surface area contributed by atoms with Gasteiger partial charge in [0.1, 0.15) is 10.7 Å². The fourth-order valence-corrected chi connectivity index (χ4v) is 6.13. The van der Waals surface area contributed by atoms with Crippen molar-refractivity contribution in [2.24, 2.45) is 11.3 Å². The van der Waals surface area contributed by atoms with Gasteiger partial charge >= 0.3 is 5.97 Å². The fraction of sp³-hybridized carbons (Fsp3) is 0.667. The van der Waals surface area contributed by atoms with Crippen LogP contribution < -0.4 is 0 Å². The molecule has 8 nitrogen and oxygen atoms in total. The van der Waals surface area contributed by atoms with Crippen molar-refractivity contribution in [1.82, 2.24) is 9.21 Å². The monoisotopic (exact) mass is 396 g/mol. The van der Waals surface area contributed by atoms with Crippen LogP contribution >= 0.6 is 0 Å². The van der Waals surface area contributed by atoms with Gasteiger partial charge in [-0.3, -0.25) is 9.59 Å². The lowest BCUT2D eigenvalue weighted by Crippen LogP contribution is -2.39. The standard InChI is InChI=1S/C18H24N2O6S/c1-12-15(27(24,25)20-6-2-3-7-20)10-14(26-12)16(21)19-8-4-18(5-9-19)11-13(18)17(22)23/h10,13H,2-9,11H2,1H3,(H,22,23). The summed E-state index contributed by atoms with van der Waals surface area (Å²) in [5.41, 5.74) is -0.161. The average molecular weight is 396 g/mol. The Labute approximate surface area is 158 Å². The molecule has 1 spiro atoms. The van der Waals surface area contributed by atoms with Crippen molar-refractivity contribution in [3.63, 3.8) is 0 Å². The highest BCUT2D eigenvalue weighted by atomic mass is 32.2. The van der Waals surface area contributed by atoms with E-state index in [4.69, 9.17) is 9.52 Å². The maximum atomic E-state index is 12.8. The van der Waals surface area contributed by atoms with Crippen LogP contribution in [-0.2, 0) is 14.8 Å². The van der Waals surface area contributed by atoms with Crippen molar-refractivity contribution in [3.05, 3.63) is 17.6 Å². The Kier molecular flexibility index (Phi) is 4.34. The van der Waals surface area contributed by atoms with Crippen LogP contribution in [0.25, 0.3) is 0 Å². The molecule has 1 atom stereocenters. The molecule has 1 amide bonds. The molecular formula is C18H24N2O6S. The van der Waals surface area contributed by atoms with Gasteiger partial charge in [-0.2, -0.15) is 4.31 Å². The Bertz CT molecular complexity index is 876. The summed E-state index contributed by atoms with van der Waals surface area (Å²) in [4.78, 5) is 25.6. The van der Waals surface area contributed by atoms with Gasteiger partial charge in [0.05, 0.1) is 5.92 Å². The number of furan rings is 1. The third-order valence-corrected chi connectivity index (χ3v) is 8.31. The number of hydrogen-bond acceptors (Lipinski definition) is 5. The van der Waals surface area contributed by atoms with Crippen LogP contribution in [0.15, 0.2) is 15.4 Å². The number of likely N-dealkylation sites (tertiary alicyclic amines) is 1. The zero-order valence-corrected chi connectivity index (χ0v) is 16.1. The average Bonchev–Trinajstić information content (AvgIpc) is 3.02. The minimum atomic E-state index is -3.63. The topological polar surface area (TPSA) is 108 Å². The molecule has 3 aliphatic rings. The molecule has 0 bridgehead atoms. The second-order valence-electron chi connectivity index (χ2n) is 7.89. The van der Waals surface area contributed by atoms with Gasteiger partial charge in [0, 0.05) is 32.2 Å². The second kappa shape index (κ2) is 6.34. The molecule has 2 aliphatic heterocycles. The molecule has 148 valence electrons. The summed E-state index contributed by atoms with van der Waals surface area (Å²) in [7, 11) is -3.63. The first-order valence-corrected chi connectivity index (χ1v) is 10.8. The number of nitrogens with zero attached hydrogens (tertiary/aromatic N) is 2. The van der Waals surface area contributed by atoms with Gasteiger partial charge in [-0.25, -0.2) is 8.42 Å². The number of aryl methyl sites for hydroxylation is 1. The summed E-state index contributed by atoms with van der Waals surface area (Å²) in [6, 6.07) is 1.34. The molecule has 1 aromatic rings. The molecule has 1 N–H and O–H groups in total. The molecule has 1 aliphatic carbocycles. The number of carboxylic acid groups (broad SMARTS) is 1. The fourth-order valence-electron chi connectivity index (χ4n) is 4.45. The van der Waals surface area contributed by atoms with Crippen molar-refractivity contribution in [2.75, 3.05) is 26.2 Å². The van der Waals surface area contributed by atoms with Gasteiger partial charge in [-0.15, -0.1) is 0 Å². The van der Waals surface area contributed by atoms with Crippen LogP contribution in [0.4, 0.5) is 0 Å². The minimum absolute atomic E-state index is 0.0341. The third-order valence-electron chi connectivity index (χ3n) is 6.30. The van der Waals surface area contributed by atoms with E-state index in [2.05, 4.69) is 0 Å². The number of rotatable bonds is 4. The summed E-state index contributed by atoms with van der Waals surface area (Å²) in [6.45, 7) is 3.49. The van der Waals surface area contributed by atoms with Crippen LogP contribution in [0, 0.1) is 18.3 Å². The Morgan fingerprint density at radius 1 is 1.19 bits per heavy atom. The van der Waals surface area contributed by atoms with Crippen LogP contribution in [0.1, 0.15) is 48.4 Å². The van der Waals surface area contributed by atoms with Crippen molar-refractivity contribution in [2.45, 2.75) is 43.9 Å². The smallest absolute Gasteiger partial charge is 0.307 e. The van der Waals surface area contributed by atoms with Crippen LogP contribution in [-0.4, -0.2) is 60.8 Å². The maximum Gasteiger partial charge on any atom is 0.307 e. The van der Waals surface area contributed by atoms with E-state index >= 15 is 0 Å². The predicted molar refractivity (Wildman–Crippen MR) is 94.8 cm³/mol.